The maximum absolute atomic E-state index is 10.8. The number of rotatable bonds is 3. The highest BCUT2D eigenvalue weighted by Crippen LogP contribution is 2.30. The molecule has 2 unspecified atom stereocenters. The van der Waals surface area contributed by atoms with Crippen molar-refractivity contribution in [2.75, 3.05) is 13.1 Å². The van der Waals surface area contributed by atoms with Crippen molar-refractivity contribution in [2.45, 2.75) is 25.7 Å². The molecule has 0 aliphatic heterocycles. The third kappa shape index (κ3) is 4.41. The summed E-state index contributed by atoms with van der Waals surface area (Å²) in [6.45, 7) is 7.76. The molecular formula is C11H21NO5S. The van der Waals surface area contributed by atoms with Crippen LogP contribution in [0.5, 0.6) is 0 Å². The average molecular weight is 279 g/mol. The first-order valence-electron chi connectivity index (χ1n) is 5.69. The SMILES string of the molecule is CC1C=C(O)C=CC1(O)S(=O)(=O)O.CCNCC. The molecule has 1 aliphatic carbocycles. The lowest BCUT2D eigenvalue weighted by Gasteiger charge is -2.28. The minimum Gasteiger partial charge on any atom is -0.508 e. The predicted molar refractivity (Wildman–Crippen MR) is 69.7 cm³/mol. The summed E-state index contributed by atoms with van der Waals surface area (Å²) in [4.78, 5) is -2.33. The molecule has 0 amide bonds. The summed E-state index contributed by atoms with van der Waals surface area (Å²) in [6.07, 6.45) is 3.02. The van der Waals surface area contributed by atoms with E-state index in [-0.39, 0.29) is 5.76 Å². The molecule has 7 heteroatoms. The fraction of sp³-hybridized carbons (Fsp3) is 0.636. The summed E-state index contributed by atoms with van der Waals surface area (Å²) >= 11 is 0. The van der Waals surface area contributed by atoms with E-state index in [1.165, 1.54) is 6.92 Å². The van der Waals surface area contributed by atoms with Crippen LogP contribution in [0.3, 0.4) is 0 Å². The van der Waals surface area contributed by atoms with E-state index >= 15 is 0 Å². The zero-order valence-corrected chi connectivity index (χ0v) is 11.6. The van der Waals surface area contributed by atoms with Gasteiger partial charge in [0.1, 0.15) is 5.76 Å². The molecule has 0 aromatic heterocycles. The molecule has 1 rings (SSSR count). The Kier molecular flexibility index (Phi) is 6.55. The topological polar surface area (TPSA) is 107 Å². The van der Waals surface area contributed by atoms with Crippen LogP contribution >= 0.6 is 0 Å². The second-order valence-corrected chi connectivity index (χ2v) is 5.50. The van der Waals surface area contributed by atoms with Gasteiger partial charge in [0.25, 0.3) is 10.1 Å². The molecule has 18 heavy (non-hydrogen) atoms. The Morgan fingerprint density at radius 2 is 1.89 bits per heavy atom. The fourth-order valence-electron chi connectivity index (χ4n) is 1.36. The molecule has 106 valence electrons. The van der Waals surface area contributed by atoms with Gasteiger partial charge in [0, 0.05) is 5.92 Å². The standard InChI is InChI=1S/C7H10O5S.C4H11N/c1-5-4-6(8)2-3-7(5,9)13(10,11)12;1-3-5-4-2/h2-5,8-9H,1H3,(H,10,11,12);5H,3-4H2,1-2H3. The highest BCUT2D eigenvalue weighted by Gasteiger charge is 2.44. The summed E-state index contributed by atoms with van der Waals surface area (Å²) in [5.41, 5.74) is 0. The number of nitrogens with one attached hydrogen (secondary N) is 1. The van der Waals surface area contributed by atoms with Crippen LogP contribution in [-0.2, 0) is 10.1 Å². The van der Waals surface area contributed by atoms with E-state index in [2.05, 4.69) is 19.2 Å². The molecule has 6 nitrogen and oxygen atoms in total. The van der Waals surface area contributed by atoms with Crippen molar-refractivity contribution in [3.8, 4) is 0 Å². The Bertz CT molecular complexity index is 413. The lowest BCUT2D eigenvalue weighted by atomic mass is 9.98. The number of hydrogen-bond donors (Lipinski definition) is 4. The number of allylic oxidation sites excluding steroid dienone is 1. The molecule has 1 aliphatic rings. The van der Waals surface area contributed by atoms with Gasteiger partial charge in [0.05, 0.1) is 0 Å². The monoisotopic (exact) mass is 279 g/mol. The molecule has 0 heterocycles. The maximum atomic E-state index is 10.8. The smallest absolute Gasteiger partial charge is 0.299 e. The minimum atomic E-state index is -4.58. The Balaban J connectivity index is 0.000000494. The molecule has 0 radical (unpaired) electrons. The quantitative estimate of drug-likeness (QED) is 0.570. The van der Waals surface area contributed by atoms with Gasteiger partial charge in [0.15, 0.2) is 0 Å². The third-order valence-corrected chi connectivity index (χ3v) is 3.81. The first-order valence-corrected chi connectivity index (χ1v) is 7.13. The Morgan fingerprint density at radius 3 is 2.17 bits per heavy atom. The van der Waals surface area contributed by atoms with E-state index in [9.17, 15) is 13.5 Å². The molecule has 4 N–H and O–H groups in total. The molecular weight excluding hydrogens is 258 g/mol. The normalized spacial score (nSPS) is 27.2. The predicted octanol–water partition coefficient (Wildman–Crippen LogP) is 0.826. The van der Waals surface area contributed by atoms with Gasteiger partial charge in [-0.25, -0.2) is 0 Å². The molecule has 0 aromatic rings. The zero-order chi connectivity index (χ0) is 14.4. The van der Waals surface area contributed by atoms with Crippen molar-refractivity contribution in [1.82, 2.24) is 5.32 Å². The van der Waals surface area contributed by atoms with Crippen molar-refractivity contribution in [1.29, 1.82) is 0 Å². The van der Waals surface area contributed by atoms with Crippen LogP contribution in [0.25, 0.3) is 0 Å². The molecule has 0 spiro atoms. The number of hydrogen-bond acceptors (Lipinski definition) is 5. The van der Waals surface area contributed by atoms with Crippen LogP contribution < -0.4 is 5.32 Å². The molecule has 0 fully saturated rings. The van der Waals surface area contributed by atoms with Crippen molar-refractivity contribution in [3.05, 3.63) is 24.0 Å². The van der Waals surface area contributed by atoms with Crippen molar-refractivity contribution >= 4 is 10.1 Å². The first kappa shape index (κ1) is 17.1. The molecule has 0 saturated heterocycles. The summed E-state index contributed by atoms with van der Waals surface area (Å²) in [5.74, 6) is -1.03. The zero-order valence-electron chi connectivity index (χ0n) is 10.8. The second kappa shape index (κ2) is 6.89. The van der Waals surface area contributed by atoms with Gasteiger partial charge in [-0.05, 0) is 31.3 Å². The van der Waals surface area contributed by atoms with Gasteiger partial charge in [-0.2, -0.15) is 8.42 Å². The van der Waals surface area contributed by atoms with Gasteiger partial charge in [0.2, 0.25) is 4.93 Å². The van der Waals surface area contributed by atoms with Crippen LogP contribution in [0.15, 0.2) is 24.0 Å². The van der Waals surface area contributed by atoms with Crippen LogP contribution in [0.1, 0.15) is 20.8 Å². The number of aliphatic hydroxyl groups is 2. The molecule has 2 atom stereocenters. The van der Waals surface area contributed by atoms with Crippen molar-refractivity contribution in [3.63, 3.8) is 0 Å². The first-order chi connectivity index (χ1) is 8.19. The second-order valence-electron chi connectivity index (χ2n) is 3.90. The van der Waals surface area contributed by atoms with Crippen molar-refractivity contribution < 1.29 is 23.2 Å². The van der Waals surface area contributed by atoms with Gasteiger partial charge in [-0.1, -0.05) is 20.8 Å². The van der Waals surface area contributed by atoms with Crippen molar-refractivity contribution in [2.24, 2.45) is 5.92 Å². The Labute approximate surface area is 108 Å². The summed E-state index contributed by atoms with van der Waals surface area (Å²) < 4.78 is 30.3. The van der Waals surface area contributed by atoms with E-state index in [1.807, 2.05) is 0 Å². The van der Waals surface area contributed by atoms with Crippen LogP contribution in [0.2, 0.25) is 0 Å². The van der Waals surface area contributed by atoms with E-state index in [0.717, 1.165) is 31.3 Å². The summed E-state index contributed by atoms with van der Waals surface area (Å²) in [5, 5.41) is 21.6. The lowest BCUT2D eigenvalue weighted by Crippen LogP contribution is -2.43. The average Bonchev–Trinajstić information content (AvgIpc) is 2.24. The summed E-state index contributed by atoms with van der Waals surface area (Å²) in [6, 6.07) is 0. The van der Waals surface area contributed by atoms with E-state index < -0.39 is 21.0 Å². The van der Waals surface area contributed by atoms with Crippen LogP contribution in [0.4, 0.5) is 0 Å². The molecule has 0 saturated carbocycles. The largest absolute Gasteiger partial charge is 0.508 e. The van der Waals surface area contributed by atoms with Crippen LogP contribution in [0, 0.1) is 5.92 Å². The summed E-state index contributed by atoms with van der Waals surface area (Å²) in [7, 11) is -4.58. The van der Waals surface area contributed by atoms with Gasteiger partial charge in [-0.3, -0.25) is 4.55 Å². The molecule has 0 aromatic carbocycles. The van der Waals surface area contributed by atoms with Gasteiger partial charge < -0.3 is 15.5 Å². The van der Waals surface area contributed by atoms with Gasteiger partial charge >= 0.3 is 0 Å². The lowest BCUT2D eigenvalue weighted by molar-refractivity contribution is 0.120. The third-order valence-electron chi connectivity index (χ3n) is 2.48. The van der Waals surface area contributed by atoms with E-state index in [0.29, 0.717) is 0 Å². The minimum absolute atomic E-state index is 0.138. The Morgan fingerprint density at radius 1 is 1.39 bits per heavy atom. The number of aliphatic hydroxyl groups excluding tert-OH is 1. The Hall–Kier alpha value is -0.890. The van der Waals surface area contributed by atoms with E-state index in [1.54, 1.807) is 0 Å². The fourth-order valence-corrected chi connectivity index (χ4v) is 2.14. The van der Waals surface area contributed by atoms with E-state index in [4.69, 9.17) is 9.66 Å². The van der Waals surface area contributed by atoms with Crippen LogP contribution in [-0.4, -0.2) is 41.2 Å². The molecule has 0 bridgehead atoms. The maximum Gasteiger partial charge on any atom is 0.299 e. The highest BCUT2D eigenvalue weighted by atomic mass is 32.2. The highest BCUT2D eigenvalue weighted by molar-refractivity contribution is 7.87. The van der Waals surface area contributed by atoms with Gasteiger partial charge in [-0.15, -0.1) is 0 Å².